The molecule has 1 heterocycles. The summed E-state index contributed by atoms with van der Waals surface area (Å²) in [6.07, 6.45) is 2.42. The van der Waals surface area contributed by atoms with Gasteiger partial charge in [-0.2, -0.15) is 0 Å². The Bertz CT molecular complexity index is 475. The predicted molar refractivity (Wildman–Crippen MR) is 94.0 cm³/mol. The van der Waals surface area contributed by atoms with Crippen molar-refractivity contribution < 1.29 is 4.79 Å². The van der Waals surface area contributed by atoms with Crippen LogP contribution in [0.5, 0.6) is 0 Å². The molecular formula is C15H20BrIN2O. The van der Waals surface area contributed by atoms with Crippen LogP contribution in [0.1, 0.15) is 30.1 Å². The third-order valence-corrected chi connectivity index (χ3v) is 5.07. The summed E-state index contributed by atoms with van der Waals surface area (Å²) in [4.78, 5) is 14.7. The van der Waals surface area contributed by atoms with Crippen LogP contribution in [0.2, 0.25) is 0 Å². The van der Waals surface area contributed by atoms with Gasteiger partial charge in [-0.25, -0.2) is 0 Å². The van der Waals surface area contributed by atoms with Crippen LogP contribution in [0.3, 0.4) is 0 Å². The zero-order valence-electron chi connectivity index (χ0n) is 11.7. The molecule has 5 heteroatoms. The number of hydrogen-bond donors (Lipinski definition) is 1. The summed E-state index contributed by atoms with van der Waals surface area (Å²) in [5.41, 5.74) is 0.766. The van der Waals surface area contributed by atoms with Gasteiger partial charge in [0, 0.05) is 21.1 Å². The van der Waals surface area contributed by atoms with Crippen molar-refractivity contribution in [2.24, 2.45) is 5.92 Å². The number of piperidine rings is 1. The van der Waals surface area contributed by atoms with Crippen molar-refractivity contribution in [2.45, 2.75) is 19.8 Å². The molecule has 1 atom stereocenters. The second-order valence-corrected chi connectivity index (χ2v) is 7.28. The Morgan fingerprint density at radius 3 is 3.00 bits per heavy atom. The lowest BCUT2D eigenvalue weighted by Gasteiger charge is -2.29. The van der Waals surface area contributed by atoms with Crippen molar-refractivity contribution in [3.8, 4) is 0 Å². The van der Waals surface area contributed by atoms with E-state index in [1.165, 1.54) is 12.8 Å². The third kappa shape index (κ3) is 4.18. The highest BCUT2D eigenvalue weighted by molar-refractivity contribution is 14.1. The second kappa shape index (κ2) is 7.75. The van der Waals surface area contributed by atoms with Crippen LogP contribution in [-0.2, 0) is 0 Å². The van der Waals surface area contributed by atoms with E-state index < -0.39 is 0 Å². The van der Waals surface area contributed by atoms with Crippen molar-refractivity contribution in [1.29, 1.82) is 0 Å². The SMILES string of the molecule is CCN(CC1CCCNC1)C(=O)c1cc(I)ccc1Br. The fraction of sp³-hybridized carbons (Fsp3) is 0.533. The Kier molecular flexibility index (Phi) is 6.29. The van der Waals surface area contributed by atoms with Crippen LogP contribution in [0.15, 0.2) is 22.7 Å². The number of halogens is 2. The van der Waals surface area contributed by atoms with Crippen LogP contribution in [0, 0.1) is 9.49 Å². The monoisotopic (exact) mass is 450 g/mol. The summed E-state index contributed by atoms with van der Waals surface area (Å²) in [6.45, 7) is 5.79. The summed E-state index contributed by atoms with van der Waals surface area (Å²) in [5, 5.41) is 3.42. The molecule has 1 aliphatic heterocycles. The number of carbonyl (C=O) groups excluding carboxylic acids is 1. The minimum Gasteiger partial charge on any atom is -0.339 e. The molecule has 1 aliphatic rings. The molecule has 1 aromatic carbocycles. The van der Waals surface area contributed by atoms with Gasteiger partial charge < -0.3 is 10.2 Å². The van der Waals surface area contributed by atoms with E-state index in [2.05, 4.69) is 50.8 Å². The fourth-order valence-corrected chi connectivity index (χ4v) is 3.49. The van der Waals surface area contributed by atoms with E-state index in [0.29, 0.717) is 5.92 Å². The molecular weight excluding hydrogens is 431 g/mol. The van der Waals surface area contributed by atoms with Gasteiger partial charge in [0.1, 0.15) is 0 Å². The molecule has 1 saturated heterocycles. The maximum atomic E-state index is 12.7. The average molecular weight is 451 g/mol. The molecule has 3 nitrogen and oxygen atoms in total. The number of nitrogens with zero attached hydrogens (tertiary/aromatic N) is 1. The van der Waals surface area contributed by atoms with E-state index >= 15 is 0 Å². The molecule has 1 amide bonds. The molecule has 0 bridgehead atoms. The first-order chi connectivity index (χ1) is 9.61. The zero-order chi connectivity index (χ0) is 14.5. The molecule has 1 unspecified atom stereocenters. The number of nitrogens with one attached hydrogen (secondary N) is 1. The number of amides is 1. The number of benzene rings is 1. The van der Waals surface area contributed by atoms with Gasteiger partial charge in [0.05, 0.1) is 5.56 Å². The van der Waals surface area contributed by atoms with Crippen molar-refractivity contribution in [3.63, 3.8) is 0 Å². The summed E-state index contributed by atoms with van der Waals surface area (Å²) < 4.78 is 1.97. The number of hydrogen-bond acceptors (Lipinski definition) is 2. The maximum absolute atomic E-state index is 12.7. The van der Waals surface area contributed by atoms with Gasteiger partial charge in [-0.05, 0) is 95.5 Å². The minimum absolute atomic E-state index is 0.128. The average Bonchev–Trinajstić information content (AvgIpc) is 2.47. The Morgan fingerprint density at radius 1 is 1.55 bits per heavy atom. The first kappa shape index (κ1) is 16.2. The quantitative estimate of drug-likeness (QED) is 0.712. The summed E-state index contributed by atoms with van der Waals surface area (Å²) in [5.74, 6) is 0.706. The highest BCUT2D eigenvalue weighted by Crippen LogP contribution is 2.22. The lowest BCUT2D eigenvalue weighted by Crippen LogP contribution is -2.41. The standard InChI is InChI=1S/C15H20BrIN2O/c1-2-19(10-11-4-3-7-18-9-11)15(20)13-8-12(17)5-6-14(13)16/h5-6,8,11,18H,2-4,7,9-10H2,1H3. The van der Waals surface area contributed by atoms with Crippen molar-refractivity contribution in [1.82, 2.24) is 10.2 Å². The fourth-order valence-electron chi connectivity index (χ4n) is 2.58. The second-order valence-electron chi connectivity index (χ2n) is 5.18. The first-order valence-corrected chi connectivity index (χ1v) is 8.94. The van der Waals surface area contributed by atoms with E-state index in [9.17, 15) is 4.79 Å². The lowest BCUT2D eigenvalue weighted by molar-refractivity contribution is 0.0728. The summed E-state index contributed by atoms with van der Waals surface area (Å²) in [6, 6.07) is 5.91. The Morgan fingerprint density at radius 2 is 2.35 bits per heavy atom. The van der Waals surface area contributed by atoms with E-state index in [1.54, 1.807) is 0 Å². The zero-order valence-corrected chi connectivity index (χ0v) is 15.4. The lowest BCUT2D eigenvalue weighted by atomic mass is 9.99. The molecule has 0 radical (unpaired) electrons. The van der Waals surface area contributed by atoms with Crippen molar-refractivity contribution in [2.75, 3.05) is 26.2 Å². The number of rotatable bonds is 4. The van der Waals surface area contributed by atoms with Crippen LogP contribution >= 0.6 is 38.5 Å². The molecule has 2 rings (SSSR count). The Labute approximate surface area is 142 Å². The summed E-state index contributed by atoms with van der Waals surface area (Å²) >= 11 is 5.74. The normalized spacial score (nSPS) is 18.9. The van der Waals surface area contributed by atoms with Gasteiger partial charge in [0.15, 0.2) is 0 Å². The molecule has 1 N–H and O–H groups in total. The van der Waals surface area contributed by atoms with Crippen molar-refractivity contribution >= 4 is 44.4 Å². The van der Waals surface area contributed by atoms with Gasteiger partial charge in [0.25, 0.3) is 5.91 Å². The van der Waals surface area contributed by atoms with Crippen LogP contribution in [0.4, 0.5) is 0 Å². The van der Waals surface area contributed by atoms with Crippen LogP contribution in [-0.4, -0.2) is 37.0 Å². The predicted octanol–water partition coefficient (Wildman–Crippen LogP) is 3.52. The molecule has 1 fully saturated rings. The maximum Gasteiger partial charge on any atom is 0.255 e. The molecule has 20 heavy (non-hydrogen) atoms. The first-order valence-electron chi connectivity index (χ1n) is 7.07. The van der Waals surface area contributed by atoms with E-state index in [4.69, 9.17) is 0 Å². The van der Waals surface area contributed by atoms with Gasteiger partial charge in [-0.15, -0.1) is 0 Å². The van der Waals surface area contributed by atoms with Crippen LogP contribution in [0.25, 0.3) is 0 Å². The molecule has 0 saturated carbocycles. The minimum atomic E-state index is 0.128. The number of carbonyl (C=O) groups is 1. The molecule has 0 spiro atoms. The van der Waals surface area contributed by atoms with Gasteiger partial charge in [0.2, 0.25) is 0 Å². The van der Waals surface area contributed by atoms with Gasteiger partial charge in [-0.3, -0.25) is 4.79 Å². The van der Waals surface area contributed by atoms with Crippen LogP contribution < -0.4 is 5.32 Å². The highest BCUT2D eigenvalue weighted by Gasteiger charge is 2.22. The highest BCUT2D eigenvalue weighted by atomic mass is 127. The Balaban J connectivity index is 2.09. The summed E-state index contributed by atoms with van der Waals surface area (Å²) in [7, 11) is 0. The topological polar surface area (TPSA) is 32.3 Å². The van der Waals surface area contributed by atoms with Gasteiger partial charge >= 0.3 is 0 Å². The molecule has 0 aliphatic carbocycles. The largest absolute Gasteiger partial charge is 0.339 e. The van der Waals surface area contributed by atoms with E-state index in [0.717, 1.165) is 39.8 Å². The van der Waals surface area contributed by atoms with E-state index in [1.807, 2.05) is 23.1 Å². The Hall–Kier alpha value is -0.140. The van der Waals surface area contributed by atoms with Crippen molar-refractivity contribution in [3.05, 3.63) is 31.8 Å². The molecule has 0 aromatic heterocycles. The smallest absolute Gasteiger partial charge is 0.255 e. The molecule has 1 aromatic rings. The van der Waals surface area contributed by atoms with Gasteiger partial charge in [-0.1, -0.05) is 0 Å². The van der Waals surface area contributed by atoms with E-state index in [-0.39, 0.29) is 5.91 Å². The third-order valence-electron chi connectivity index (χ3n) is 3.71. The molecule has 110 valence electrons.